The summed E-state index contributed by atoms with van der Waals surface area (Å²) in [4.78, 5) is 3.46. The van der Waals surface area contributed by atoms with Crippen LogP contribution in [0.25, 0.3) is 38.4 Å². The molecule has 0 unspecified atom stereocenters. The Hall–Kier alpha value is -2.71. The quantitative estimate of drug-likeness (QED) is 0.396. The summed E-state index contributed by atoms with van der Waals surface area (Å²) in [6, 6.07) is 22.9. The highest BCUT2D eigenvalue weighted by Crippen LogP contribution is 2.38. The molecule has 110 valence electrons. The van der Waals surface area contributed by atoms with Crippen molar-refractivity contribution in [3.8, 4) is 5.69 Å². The molecule has 0 saturated carbocycles. The van der Waals surface area contributed by atoms with Crippen LogP contribution < -0.4 is 0 Å². The number of hydrogen-bond donors (Lipinski definition) is 1. The largest absolute Gasteiger partial charge is 0.353 e. The molecular formula is C20H13ClN2. The molecule has 0 bridgehead atoms. The van der Waals surface area contributed by atoms with E-state index in [2.05, 4.69) is 64.3 Å². The zero-order valence-corrected chi connectivity index (χ0v) is 13.0. The van der Waals surface area contributed by atoms with Crippen molar-refractivity contribution in [3.63, 3.8) is 0 Å². The van der Waals surface area contributed by atoms with E-state index in [9.17, 15) is 0 Å². The molecular weight excluding hydrogens is 304 g/mol. The van der Waals surface area contributed by atoms with Crippen LogP contribution >= 0.6 is 11.6 Å². The van der Waals surface area contributed by atoms with Crippen molar-refractivity contribution in [3.05, 3.63) is 77.9 Å². The molecule has 5 rings (SSSR count). The number of aromatic nitrogens is 2. The monoisotopic (exact) mass is 316 g/mol. The number of H-pyrrole nitrogens is 1. The van der Waals surface area contributed by atoms with Gasteiger partial charge in [-0.3, -0.25) is 0 Å². The predicted molar refractivity (Wildman–Crippen MR) is 97.6 cm³/mol. The molecule has 3 heteroatoms. The van der Waals surface area contributed by atoms with Crippen molar-refractivity contribution in [1.82, 2.24) is 9.55 Å². The summed E-state index contributed by atoms with van der Waals surface area (Å²) >= 11 is 6.52. The SMILES string of the molecule is Clc1cc2ccn(-c3ccccc3)c2c2c1[nH]c1ccccc12. The normalized spacial score (nSPS) is 11.7. The smallest absolute Gasteiger partial charge is 0.0675 e. The van der Waals surface area contributed by atoms with Gasteiger partial charge in [-0.1, -0.05) is 48.0 Å². The topological polar surface area (TPSA) is 20.7 Å². The van der Waals surface area contributed by atoms with E-state index < -0.39 is 0 Å². The number of aromatic amines is 1. The number of fused-ring (bicyclic) bond motifs is 5. The van der Waals surface area contributed by atoms with Gasteiger partial charge in [-0.05, 0) is 30.3 Å². The molecule has 0 aliphatic carbocycles. The van der Waals surface area contributed by atoms with E-state index in [1.165, 1.54) is 16.3 Å². The third-order valence-electron chi connectivity index (χ3n) is 4.42. The minimum atomic E-state index is 0.759. The van der Waals surface area contributed by atoms with Gasteiger partial charge >= 0.3 is 0 Å². The van der Waals surface area contributed by atoms with Crippen LogP contribution in [0.2, 0.25) is 5.02 Å². The van der Waals surface area contributed by atoms with E-state index in [1.807, 2.05) is 18.2 Å². The first-order valence-electron chi connectivity index (χ1n) is 7.58. The number of benzene rings is 3. The molecule has 0 aliphatic rings. The lowest BCUT2D eigenvalue weighted by Crippen LogP contribution is -1.91. The van der Waals surface area contributed by atoms with Gasteiger partial charge in [-0.25, -0.2) is 0 Å². The number of nitrogens with zero attached hydrogens (tertiary/aromatic N) is 1. The maximum Gasteiger partial charge on any atom is 0.0675 e. The molecule has 0 saturated heterocycles. The highest BCUT2D eigenvalue weighted by atomic mass is 35.5. The summed E-state index contributed by atoms with van der Waals surface area (Å²) in [6.07, 6.45) is 2.11. The minimum absolute atomic E-state index is 0.759. The number of hydrogen-bond acceptors (Lipinski definition) is 0. The van der Waals surface area contributed by atoms with E-state index >= 15 is 0 Å². The van der Waals surface area contributed by atoms with Crippen LogP contribution in [0.1, 0.15) is 0 Å². The van der Waals surface area contributed by atoms with Gasteiger partial charge in [-0.15, -0.1) is 0 Å². The molecule has 5 aromatic rings. The van der Waals surface area contributed by atoms with Gasteiger partial charge < -0.3 is 9.55 Å². The fourth-order valence-corrected chi connectivity index (χ4v) is 3.67. The Bertz CT molecular complexity index is 1170. The fourth-order valence-electron chi connectivity index (χ4n) is 3.41. The van der Waals surface area contributed by atoms with Crippen LogP contribution in [0, 0.1) is 0 Å². The van der Waals surface area contributed by atoms with Crippen LogP contribution in [-0.2, 0) is 0 Å². The lowest BCUT2D eigenvalue weighted by Gasteiger charge is -2.07. The molecule has 3 aromatic carbocycles. The Balaban J connectivity index is 2.04. The predicted octanol–water partition coefficient (Wildman–Crippen LogP) is 5.92. The molecule has 0 aliphatic heterocycles. The van der Waals surface area contributed by atoms with Gasteiger partial charge in [0.15, 0.2) is 0 Å². The van der Waals surface area contributed by atoms with E-state index in [-0.39, 0.29) is 0 Å². The molecule has 2 nitrogen and oxygen atoms in total. The van der Waals surface area contributed by atoms with Crippen LogP contribution in [-0.4, -0.2) is 9.55 Å². The standard InChI is InChI=1S/C20H13ClN2/c21-16-12-13-10-11-23(14-6-2-1-3-7-14)20(13)18-15-8-4-5-9-17(15)22-19(16)18/h1-12,22H. The first-order chi connectivity index (χ1) is 11.3. The van der Waals surface area contributed by atoms with Crippen molar-refractivity contribution < 1.29 is 0 Å². The summed E-state index contributed by atoms with van der Waals surface area (Å²) in [6.45, 7) is 0. The van der Waals surface area contributed by atoms with Crippen LogP contribution in [0.5, 0.6) is 0 Å². The number of para-hydroxylation sites is 2. The van der Waals surface area contributed by atoms with Crippen molar-refractivity contribution in [2.75, 3.05) is 0 Å². The van der Waals surface area contributed by atoms with Gasteiger partial charge in [0, 0.05) is 33.6 Å². The van der Waals surface area contributed by atoms with E-state index in [4.69, 9.17) is 11.6 Å². The number of rotatable bonds is 1. The summed E-state index contributed by atoms with van der Waals surface area (Å²) < 4.78 is 2.23. The fraction of sp³-hybridized carbons (Fsp3) is 0. The molecule has 0 amide bonds. The second kappa shape index (κ2) is 4.64. The van der Waals surface area contributed by atoms with Crippen LogP contribution in [0.4, 0.5) is 0 Å². The summed E-state index contributed by atoms with van der Waals surface area (Å²) in [5.74, 6) is 0. The molecule has 2 aromatic heterocycles. The minimum Gasteiger partial charge on any atom is -0.353 e. The Labute approximate surface area is 137 Å². The molecule has 23 heavy (non-hydrogen) atoms. The number of nitrogens with one attached hydrogen (secondary N) is 1. The maximum absolute atomic E-state index is 6.52. The van der Waals surface area contributed by atoms with Crippen LogP contribution in [0.3, 0.4) is 0 Å². The summed E-state index contributed by atoms with van der Waals surface area (Å²) in [5.41, 5.74) is 4.44. The Morgan fingerprint density at radius 2 is 1.65 bits per heavy atom. The molecule has 0 fully saturated rings. The summed E-state index contributed by atoms with van der Waals surface area (Å²) in [5, 5.41) is 4.29. The highest BCUT2D eigenvalue weighted by molar-refractivity contribution is 6.39. The first kappa shape index (κ1) is 12.8. The van der Waals surface area contributed by atoms with Crippen molar-refractivity contribution >= 4 is 44.3 Å². The second-order valence-corrected chi connectivity index (χ2v) is 6.15. The Morgan fingerprint density at radius 1 is 0.870 bits per heavy atom. The molecule has 0 spiro atoms. The Morgan fingerprint density at radius 3 is 2.52 bits per heavy atom. The van der Waals surface area contributed by atoms with Crippen molar-refractivity contribution in [1.29, 1.82) is 0 Å². The lowest BCUT2D eigenvalue weighted by atomic mass is 10.1. The van der Waals surface area contributed by atoms with Crippen LogP contribution in [0.15, 0.2) is 72.9 Å². The lowest BCUT2D eigenvalue weighted by molar-refractivity contribution is 1.13. The third kappa shape index (κ3) is 1.76. The molecule has 1 N–H and O–H groups in total. The van der Waals surface area contributed by atoms with E-state index in [0.29, 0.717) is 0 Å². The summed E-state index contributed by atoms with van der Waals surface area (Å²) in [7, 11) is 0. The van der Waals surface area contributed by atoms with E-state index in [0.717, 1.165) is 27.1 Å². The molecule has 2 heterocycles. The van der Waals surface area contributed by atoms with Gasteiger partial charge in [0.25, 0.3) is 0 Å². The van der Waals surface area contributed by atoms with Gasteiger partial charge in [0.1, 0.15) is 0 Å². The molecule has 0 radical (unpaired) electrons. The average Bonchev–Trinajstić information content (AvgIpc) is 3.17. The van der Waals surface area contributed by atoms with Crippen molar-refractivity contribution in [2.24, 2.45) is 0 Å². The van der Waals surface area contributed by atoms with Gasteiger partial charge in [0.2, 0.25) is 0 Å². The second-order valence-electron chi connectivity index (χ2n) is 5.74. The van der Waals surface area contributed by atoms with Crippen molar-refractivity contribution in [2.45, 2.75) is 0 Å². The zero-order valence-electron chi connectivity index (χ0n) is 12.3. The zero-order chi connectivity index (χ0) is 15.4. The number of halogens is 1. The van der Waals surface area contributed by atoms with E-state index in [1.54, 1.807) is 0 Å². The Kier molecular flexibility index (Phi) is 2.58. The van der Waals surface area contributed by atoms with Gasteiger partial charge in [0.05, 0.1) is 16.1 Å². The maximum atomic E-state index is 6.52. The van der Waals surface area contributed by atoms with Gasteiger partial charge in [-0.2, -0.15) is 0 Å². The average molecular weight is 317 g/mol. The highest BCUT2D eigenvalue weighted by Gasteiger charge is 2.15. The molecule has 0 atom stereocenters. The third-order valence-corrected chi connectivity index (χ3v) is 4.71. The first-order valence-corrected chi connectivity index (χ1v) is 7.96.